The lowest BCUT2D eigenvalue weighted by Gasteiger charge is -2.26. The number of benzene rings is 1. The molecule has 3 rings (SSSR count). The second kappa shape index (κ2) is 11.6. The first-order chi connectivity index (χ1) is 12.9. The first-order valence-electron chi connectivity index (χ1n) is 10.8. The van der Waals surface area contributed by atoms with Crippen LogP contribution in [0.1, 0.15) is 50.5 Å². The standard InChI is InChI=1S/C22H37N3O/c1-2-13-24(14-3-1)17-6-7-19-26-22-10-8-21(9-11-22)20-23-12-18-25-15-4-5-16-25/h8-11,23H,1-7,12-20H2. The van der Waals surface area contributed by atoms with Crippen molar-refractivity contribution < 1.29 is 4.74 Å². The molecule has 2 aliphatic rings. The summed E-state index contributed by atoms with van der Waals surface area (Å²) in [6.45, 7) is 10.4. The van der Waals surface area contributed by atoms with Gasteiger partial charge in [-0.05, 0) is 88.9 Å². The third kappa shape index (κ3) is 7.26. The third-order valence-corrected chi connectivity index (χ3v) is 5.64. The number of nitrogens with zero attached hydrogens (tertiary/aromatic N) is 2. The molecule has 0 bridgehead atoms. The maximum absolute atomic E-state index is 5.90. The minimum atomic E-state index is 0.835. The van der Waals surface area contributed by atoms with E-state index >= 15 is 0 Å². The highest BCUT2D eigenvalue weighted by Crippen LogP contribution is 2.13. The lowest BCUT2D eigenvalue weighted by atomic mass is 10.1. The zero-order valence-corrected chi connectivity index (χ0v) is 16.4. The number of hydrogen-bond donors (Lipinski definition) is 1. The van der Waals surface area contributed by atoms with Crippen molar-refractivity contribution in [1.29, 1.82) is 0 Å². The van der Waals surface area contributed by atoms with Crippen molar-refractivity contribution in [2.24, 2.45) is 0 Å². The molecule has 0 aromatic heterocycles. The van der Waals surface area contributed by atoms with Crippen LogP contribution in [0.15, 0.2) is 24.3 Å². The Morgan fingerprint density at radius 1 is 0.769 bits per heavy atom. The Kier molecular flexibility index (Phi) is 8.75. The van der Waals surface area contributed by atoms with Crippen molar-refractivity contribution in [3.8, 4) is 5.75 Å². The Bertz CT molecular complexity index is 479. The number of hydrogen-bond acceptors (Lipinski definition) is 4. The summed E-state index contributed by atoms with van der Waals surface area (Å²) in [5, 5.41) is 3.55. The molecule has 0 spiro atoms. The van der Waals surface area contributed by atoms with Crippen LogP contribution >= 0.6 is 0 Å². The molecule has 4 heteroatoms. The van der Waals surface area contributed by atoms with E-state index in [0.29, 0.717) is 0 Å². The van der Waals surface area contributed by atoms with Gasteiger partial charge in [-0.2, -0.15) is 0 Å². The van der Waals surface area contributed by atoms with Crippen LogP contribution in [0.4, 0.5) is 0 Å². The maximum Gasteiger partial charge on any atom is 0.119 e. The Morgan fingerprint density at radius 3 is 2.15 bits per heavy atom. The van der Waals surface area contributed by atoms with Crippen LogP contribution in [-0.2, 0) is 6.54 Å². The smallest absolute Gasteiger partial charge is 0.119 e. The SMILES string of the molecule is c1cc(OCCCCN2CCCCC2)ccc1CNCCN1CCCC1. The van der Waals surface area contributed by atoms with Crippen molar-refractivity contribution in [2.45, 2.75) is 51.5 Å². The molecule has 0 aliphatic carbocycles. The van der Waals surface area contributed by atoms with Crippen molar-refractivity contribution in [3.05, 3.63) is 29.8 Å². The number of piperidine rings is 1. The van der Waals surface area contributed by atoms with Gasteiger partial charge in [0.05, 0.1) is 6.61 Å². The van der Waals surface area contributed by atoms with E-state index in [1.54, 1.807) is 0 Å². The van der Waals surface area contributed by atoms with Crippen LogP contribution in [0.25, 0.3) is 0 Å². The van der Waals surface area contributed by atoms with Crippen molar-refractivity contribution >= 4 is 0 Å². The van der Waals surface area contributed by atoms with Gasteiger partial charge in [0, 0.05) is 19.6 Å². The molecule has 0 saturated carbocycles. The van der Waals surface area contributed by atoms with E-state index in [0.717, 1.165) is 31.9 Å². The highest BCUT2D eigenvalue weighted by Gasteiger charge is 2.10. The molecule has 1 aromatic carbocycles. The average Bonchev–Trinajstić information content (AvgIpc) is 3.20. The number of nitrogens with one attached hydrogen (secondary N) is 1. The predicted molar refractivity (Wildman–Crippen MR) is 109 cm³/mol. The number of ether oxygens (including phenoxy) is 1. The molecule has 0 amide bonds. The second-order valence-corrected chi connectivity index (χ2v) is 7.83. The monoisotopic (exact) mass is 359 g/mol. The summed E-state index contributed by atoms with van der Waals surface area (Å²) < 4.78 is 5.90. The van der Waals surface area contributed by atoms with Crippen molar-refractivity contribution in [2.75, 3.05) is 52.4 Å². The average molecular weight is 360 g/mol. The van der Waals surface area contributed by atoms with E-state index in [1.807, 2.05) is 0 Å². The number of likely N-dealkylation sites (tertiary alicyclic amines) is 2. The van der Waals surface area contributed by atoms with Crippen LogP contribution in [0.3, 0.4) is 0 Å². The van der Waals surface area contributed by atoms with Gasteiger partial charge < -0.3 is 19.9 Å². The van der Waals surface area contributed by atoms with E-state index in [1.165, 1.54) is 83.4 Å². The minimum Gasteiger partial charge on any atom is -0.494 e. The molecule has 2 fully saturated rings. The molecule has 146 valence electrons. The highest BCUT2D eigenvalue weighted by atomic mass is 16.5. The summed E-state index contributed by atoms with van der Waals surface area (Å²) in [6, 6.07) is 8.60. The van der Waals surface area contributed by atoms with Crippen LogP contribution in [-0.4, -0.2) is 62.2 Å². The zero-order chi connectivity index (χ0) is 17.9. The molecule has 0 radical (unpaired) electrons. The second-order valence-electron chi connectivity index (χ2n) is 7.83. The Balaban J connectivity index is 1.22. The van der Waals surface area contributed by atoms with Gasteiger partial charge in [-0.25, -0.2) is 0 Å². The van der Waals surface area contributed by atoms with Gasteiger partial charge in [-0.3, -0.25) is 0 Å². The van der Waals surface area contributed by atoms with Gasteiger partial charge in [-0.1, -0.05) is 18.6 Å². The van der Waals surface area contributed by atoms with Crippen LogP contribution in [0.5, 0.6) is 5.75 Å². The van der Waals surface area contributed by atoms with Crippen molar-refractivity contribution in [3.63, 3.8) is 0 Å². The quantitative estimate of drug-likeness (QED) is 0.612. The lowest BCUT2D eigenvalue weighted by Crippen LogP contribution is -2.30. The summed E-state index contributed by atoms with van der Waals surface area (Å²) in [5.41, 5.74) is 1.34. The summed E-state index contributed by atoms with van der Waals surface area (Å²) in [5.74, 6) is 1.00. The molecule has 0 atom stereocenters. The number of rotatable bonds is 11. The van der Waals surface area contributed by atoms with Gasteiger partial charge >= 0.3 is 0 Å². The number of unbranched alkanes of at least 4 members (excludes halogenated alkanes) is 1. The maximum atomic E-state index is 5.90. The van der Waals surface area contributed by atoms with Gasteiger partial charge in [0.2, 0.25) is 0 Å². The van der Waals surface area contributed by atoms with Crippen LogP contribution in [0.2, 0.25) is 0 Å². The Hall–Kier alpha value is -1.10. The lowest BCUT2D eigenvalue weighted by molar-refractivity contribution is 0.216. The molecule has 1 N–H and O–H groups in total. The molecule has 0 unspecified atom stereocenters. The molecule has 1 aromatic rings. The van der Waals surface area contributed by atoms with E-state index in [4.69, 9.17) is 4.74 Å². The van der Waals surface area contributed by atoms with Gasteiger partial charge in [-0.15, -0.1) is 0 Å². The summed E-state index contributed by atoms with van der Waals surface area (Å²) in [4.78, 5) is 5.16. The van der Waals surface area contributed by atoms with Gasteiger partial charge in [0.25, 0.3) is 0 Å². The summed E-state index contributed by atoms with van der Waals surface area (Å²) in [7, 11) is 0. The largest absolute Gasteiger partial charge is 0.494 e. The van der Waals surface area contributed by atoms with Gasteiger partial charge in [0.1, 0.15) is 5.75 Å². The molecule has 2 heterocycles. The Labute approximate surface area is 159 Å². The first-order valence-corrected chi connectivity index (χ1v) is 10.8. The molecule has 26 heavy (non-hydrogen) atoms. The molecule has 4 nitrogen and oxygen atoms in total. The highest BCUT2D eigenvalue weighted by molar-refractivity contribution is 5.27. The first kappa shape index (κ1) is 19.7. The molecular weight excluding hydrogens is 322 g/mol. The van der Waals surface area contributed by atoms with E-state index < -0.39 is 0 Å². The van der Waals surface area contributed by atoms with Crippen LogP contribution < -0.4 is 10.1 Å². The third-order valence-electron chi connectivity index (χ3n) is 5.64. The van der Waals surface area contributed by atoms with Gasteiger partial charge in [0.15, 0.2) is 0 Å². The van der Waals surface area contributed by atoms with E-state index in [-0.39, 0.29) is 0 Å². The fraction of sp³-hybridized carbons (Fsp3) is 0.727. The summed E-state index contributed by atoms with van der Waals surface area (Å²) >= 11 is 0. The van der Waals surface area contributed by atoms with Crippen LogP contribution in [0, 0.1) is 0 Å². The zero-order valence-electron chi connectivity index (χ0n) is 16.4. The predicted octanol–water partition coefficient (Wildman–Crippen LogP) is 3.52. The topological polar surface area (TPSA) is 27.7 Å². The normalized spacial score (nSPS) is 19.1. The summed E-state index contributed by atoms with van der Waals surface area (Å²) in [6.07, 6.45) is 9.34. The minimum absolute atomic E-state index is 0.835. The van der Waals surface area contributed by atoms with E-state index in [2.05, 4.69) is 39.4 Å². The van der Waals surface area contributed by atoms with E-state index in [9.17, 15) is 0 Å². The Morgan fingerprint density at radius 2 is 1.42 bits per heavy atom. The molecule has 2 aliphatic heterocycles. The fourth-order valence-corrected chi connectivity index (χ4v) is 3.99. The molecule has 2 saturated heterocycles. The van der Waals surface area contributed by atoms with Crippen molar-refractivity contribution in [1.82, 2.24) is 15.1 Å². The fourth-order valence-electron chi connectivity index (χ4n) is 3.99. The molecular formula is C22H37N3O.